The molecule has 5 nitrogen and oxygen atoms in total. The maximum Gasteiger partial charge on any atom is 0.311 e. The van der Waals surface area contributed by atoms with Crippen LogP contribution in [0.3, 0.4) is 0 Å². The summed E-state index contributed by atoms with van der Waals surface area (Å²) in [5, 5.41) is 9.29. The number of ether oxygens (including phenoxy) is 1. The lowest BCUT2D eigenvalue weighted by Gasteiger charge is -2.21. The van der Waals surface area contributed by atoms with E-state index in [1.54, 1.807) is 17.9 Å². The summed E-state index contributed by atoms with van der Waals surface area (Å²) in [6, 6.07) is 7.22. The molecule has 1 saturated carbocycles. The van der Waals surface area contributed by atoms with Crippen LogP contribution in [0.15, 0.2) is 24.3 Å². The highest BCUT2D eigenvalue weighted by Gasteiger charge is 2.42. The van der Waals surface area contributed by atoms with Crippen LogP contribution in [0.25, 0.3) is 0 Å². The van der Waals surface area contributed by atoms with E-state index in [0.717, 1.165) is 0 Å². The molecule has 1 aliphatic carbocycles. The molecule has 1 aliphatic heterocycles. The molecule has 2 fully saturated rings. The molecule has 1 aromatic rings. The van der Waals surface area contributed by atoms with Gasteiger partial charge in [0.1, 0.15) is 5.75 Å². The van der Waals surface area contributed by atoms with Gasteiger partial charge in [-0.05, 0) is 44.2 Å². The zero-order chi connectivity index (χ0) is 15.7. The first-order valence-electron chi connectivity index (χ1n) is 7.74. The van der Waals surface area contributed by atoms with Crippen molar-refractivity contribution in [1.29, 1.82) is 0 Å². The maximum absolute atomic E-state index is 12.7. The molecule has 0 radical (unpaired) electrons. The fraction of sp³-hybridized carbons (Fsp3) is 0.529. The average molecular weight is 303 g/mol. The van der Waals surface area contributed by atoms with Gasteiger partial charge in [-0.25, -0.2) is 0 Å². The van der Waals surface area contributed by atoms with E-state index in [4.69, 9.17) is 4.74 Å². The Bertz CT molecular complexity index is 596. The van der Waals surface area contributed by atoms with Crippen molar-refractivity contribution in [2.75, 3.05) is 19.7 Å². The van der Waals surface area contributed by atoms with Gasteiger partial charge in [-0.2, -0.15) is 0 Å². The molecule has 22 heavy (non-hydrogen) atoms. The number of aliphatic carboxylic acids is 1. The summed E-state index contributed by atoms with van der Waals surface area (Å²) in [6.07, 6.45) is 2.87. The Kier molecular flexibility index (Phi) is 3.81. The van der Waals surface area contributed by atoms with Crippen molar-refractivity contribution in [2.24, 2.45) is 11.3 Å². The summed E-state index contributed by atoms with van der Waals surface area (Å²) in [5.41, 5.74) is -0.322. The lowest BCUT2D eigenvalue weighted by molar-refractivity contribution is -0.147. The number of carbonyl (C=O) groups excluding carboxylic acids is 1. The minimum Gasteiger partial charge on any atom is -0.492 e. The largest absolute Gasteiger partial charge is 0.492 e. The minimum absolute atomic E-state index is 0.142. The van der Waals surface area contributed by atoms with Gasteiger partial charge in [0.15, 0.2) is 0 Å². The van der Waals surface area contributed by atoms with Gasteiger partial charge in [0, 0.05) is 13.1 Å². The molecular formula is C17H21NO4. The highest BCUT2D eigenvalue weighted by molar-refractivity contribution is 5.97. The monoisotopic (exact) mass is 303 g/mol. The van der Waals surface area contributed by atoms with Crippen molar-refractivity contribution >= 4 is 11.9 Å². The van der Waals surface area contributed by atoms with Crippen molar-refractivity contribution in [3.63, 3.8) is 0 Å². The van der Waals surface area contributed by atoms with Crippen molar-refractivity contribution in [1.82, 2.24) is 4.90 Å². The number of benzene rings is 1. The van der Waals surface area contributed by atoms with Crippen molar-refractivity contribution in [3.8, 4) is 5.75 Å². The fourth-order valence-corrected chi connectivity index (χ4v) is 2.74. The standard InChI is InChI=1S/C17H21NO4/c1-17(16(20)21)8-9-18(11-17)15(19)13-4-2-3-5-14(13)22-10-12-6-7-12/h2-5,12H,6-11H2,1H3,(H,20,21)/t17-/m0/s1. The van der Waals surface area contributed by atoms with Gasteiger partial charge in [0.25, 0.3) is 5.91 Å². The number of amides is 1. The molecule has 1 aromatic carbocycles. The molecule has 3 rings (SSSR count). The molecular weight excluding hydrogens is 282 g/mol. The first kappa shape index (κ1) is 14.9. The van der Waals surface area contributed by atoms with Crippen molar-refractivity contribution in [2.45, 2.75) is 26.2 Å². The van der Waals surface area contributed by atoms with Crippen LogP contribution in [0.5, 0.6) is 5.75 Å². The second kappa shape index (κ2) is 5.63. The third-order valence-electron chi connectivity index (χ3n) is 4.57. The van der Waals surface area contributed by atoms with Crippen LogP contribution in [0, 0.1) is 11.3 Å². The highest BCUT2D eigenvalue weighted by Crippen LogP contribution is 2.33. The number of likely N-dealkylation sites (tertiary alicyclic amines) is 1. The average Bonchev–Trinajstić information content (AvgIpc) is 3.25. The number of carboxylic acid groups (broad SMARTS) is 1. The highest BCUT2D eigenvalue weighted by atomic mass is 16.5. The smallest absolute Gasteiger partial charge is 0.311 e. The second-order valence-electron chi connectivity index (χ2n) is 6.59. The molecule has 0 aromatic heterocycles. The number of rotatable bonds is 5. The minimum atomic E-state index is -0.848. The second-order valence-corrected chi connectivity index (χ2v) is 6.59. The lowest BCUT2D eigenvalue weighted by Crippen LogP contribution is -2.35. The summed E-state index contributed by atoms with van der Waals surface area (Å²) in [5.74, 6) is 0.228. The number of carboxylic acids is 1. The van der Waals surface area contributed by atoms with Crippen LogP contribution in [-0.4, -0.2) is 41.6 Å². The van der Waals surface area contributed by atoms with Gasteiger partial charge in [-0.1, -0.05) is 12.1 Å². The van der Waals surface area contributed by atoms with E-state index in [0.29, 0.717) is 36.8 Å². The molecule has 0 spiro atoms. The summed E-state index contributed by atoms with van der Waals surface area (Å²) in [4.78, 5) is 25.6. The van der Waals surface area contributed by atoms with Crippen LogP contribution in [-0.2, 0) is 4.79 Å². The number of carbonyl (C=O) groups is 2. The lowest BCUT2D eigenvalue weighted by atomic mass is 9.90. The Hall–Kier alpha value is -2.04. The quantitative estimate of drug-likeness (QED) is 0.907. The molecule has 5 heteroatoms. The molecule has 1 saturated heterocycles. The van der Waals surface area contributed by atoms with E-state index in [-0.39, 0.29) is 12.5 Å². The van der Waals surface area contributed by atoms with Crippen LogP contribution in [0.4, 0.5) is 0 Å². The predicted octanol–water partition coefficient (Wildman–Crippen LogP) is 2.41. The molecule has 0 unspecified atom stereocenters. The van der Waals surface area contributed by atoms with Crippen LogP contribution >= 0.6 is 0 Å². The van der Waals surface area contributed by atoms with E-state index < -0.39 is 11.4 Å². The molecule has 118 valence electrons. The van der Waals surface area contributed by atoms with Gasteiger partial charge < -0.3 is 14.7 Å². The van der Waals surface area contributed by atoms with Gasteiger partial charge >= 0.3 is 5.97 Å². The maximum atomic E-state index is 12.7. The summed E-state index contributed by atoms with van der Waals surface area (Å²) < 4.78 is 5.78. The van der Waals surface area contributed by atoms with Crippen LogP contribution < -0.4 is 4.74 Å². The first-order valence-corrected chi connectivity index (χ1v) is 7.74. The third-order valence-corrected chi connectivity index (χ3v) is 4.57. The van der Waals surface area contributed by atoms with Crippen LogP contribution in [0.1, 0.15) is 36.5 Å². The third kappa shape index (κ3) is 2.93. The fourth-order valence-electron chi connectivity index (χ4n) is 2.74. The van der Waals surface area contributed by atoms with Gasteiger partial charge in [-0.3, -0.25) is 9.59 Å². The SMILES string of the molecule is C[C@]1(C(=O)O)CCN(C(=O)c2ccccc2OCC2CC2)C1. The molecule has 1 N–H and O–H groups in total. The number of hydrogen-bond acceptors (Lipinski definition) is 3. The van der Waals surface area contributed by atoms with Gasteiger partial charge in [0.05, 0.1) is 17.6 Å². The van der Waals surface area contributed by atoms with E-state index in [1.807, 2.05) is 18.2 Å². The normalized spacial score (nSPS) is 24.3. The van der Waals surface area contributed by atoms with E-state index >= 15 is 0 Å². The summed E-state index contributed by atoms with van der Waals surface area (Å²) in [7, 11) is 0. The molecule has 2 aliphatic rings. The van der Waals surface area contributed by atoms with E-state index in [1.165, 1.54) is 12.8 Å². The van der Waals surface area contributed by atoms with Crippen molar-refractivity contribution < 1.29 is 19.4 Å². The van der Waals surface area contributed by atoms with Gasteiger partial charge in [-0.15, -0.1) is 0 Å². The summed E-state index contributed by atoms with van der Waals surface area (Å²) >= 11 is 0. The molecule has 1 atom stereocenters. The Morgan fingerprint density at radius 2 is 2.09 bits per heavy atom. The van der Waals surface area contributed by atoms with Gasteiger partial charge in [0.2, 0.25) is 0 Å². The number of nitrogens with zero attached hydrogens (tertiary/aromatic N) is 1. The zero-order valence-electron chi connectivity index (χ0n) is 12.7. The number of para-hydroxylation sites is 1. The predicted molar refractivity (Wildman–Crippen MR) is 80.9 cm³/mol. The Morgan fingerprint density at radius 3 is 2.73 bits per heavy atom. The van der Waals surface area contributed by atoms with E-state index in [9.17, 15) is 14.7 Å². The Balaban J connectivity index is 1.73. The molecule has 1 heterocycles. The zero-order valence-corrected chi connectivity index (χ0v) is 12.7. The topological polar surface area (TPSA) is 66.8 Å². The van der Waals surface area contributed by atoms with Crippen LogP contribution in [0.2, 0.25) is 0 Å². The molecule has 0 bridgehead atoms. The van der Waals surface area contributed by atoms with E-state index in [2.05, 4.69) is 0 Å². The Morgan fingerprint density at radius 1 is 1.36 bits per heavy atom. The summed E-state index contributed by atoms with van der Waals surface area (Å²) in [6.45, 7) is 3.06. The van der Waals surface area contributed by atoms with Crippen molar-refractivity contribution in [3.05, 3.63) is 29.8 Å². The Labute approximate surface area is 129 Å². The number of hydrogen-bond donors (Lipinski definition) is 1. The molecule has 1 amide bonds. The first-order chi connectivity index (χ1) is 10.5.